The van der Waals surface area contributed by atoms with Gasteiger partial charge in [0.05, 0.1) is 6.61 Å². The van der Waals surface area contributed by atoms with Crippen LogP contribution in [0.25, 0.3) is 6.08 Å². The first kappa shape index (κ1) is 10.7. The van der Waals surface area contributed by atoms with Gasteiger partial charge in [0.2, 0.25) is 0 Å². The van der Waals surface area contributed by atoms with Crippen molar-refractivity contribution in [1.82, 2.24) is 0 Å². The molecule has 0 saturated heterocycles. The molecule has 16 heavy (non-hydrogen) atoms. The Hall–Kier alpha value is -1.84. The van der Waals surface area contributed by atoms with Crippen LogP contribution >= 0.6 is 0 Å². The number of ether oxygens (including phenoxy) is 1. The van der Waals surface area contributed by atoms with E-state index in [0.29, 0.717) is 18.8 Å². The first-order valence-corrected chi connectivity index (χ1v) is 5.10. The third-order valence-corrected chi connectivity index (χ3v) is 2.44. The van der Waals surface area contributed by atoms with Crippen LogP contribution in [0, 0.1) is 5.92 Å². The van der Waals surface area contributed by atoms with Crippen molar-refractivity contribution in [2.75, 3.05) is 6.61 Å². The Morgan fingerprint density at radius 3 is 3.12 bits per heavy atom. The van der Waals surface area contributed by atoms with Gasteiger partial charge in [-0.15, -0.1) is 0 Å². The van der Waals surface area contributed by atoms with E-state index in [4.69, 9.17) is 9.15 Å². The van der Waals surface area contributed by atoms with Crippen LogP contribution in [0.4, 0.5) is 0 Å². The lowest BCUT2D eigenvalue weighted by Crippen LogP contribution is -2.16. The van der Waals surface area contributed by atoms with Gasteiger partial charge in [-0.05, 0) is 6.07 Å². The smallest absolute Gasteiger partial charge is 0.335 e. The Morgan fingerprint density at radius 2 is 2.38 bits per heavy atom. The molecule has 1 aliphatic rings. The number of carbonyl (C=O) groups is 1. The van der Waals surface area contributed by atoms with Crippen LogP contribution in [-0.4, -0.2) is 12.6 Å². The fraction of sp³-hybridized carbons (Fsp3) is 0.333. The molecule has 0 radical (unpaired) electrons. The molecule has 1 aromatic rings. The maximum absolute atomic E-state index is 11.0. The van der Waals surface area contributed by atoms with E-state index in [9.17, 15) is 9.59 Å². The Morgan fingerprint density at radius 1 is 1.56 bits per heavy atom. The van der Waals surface area contributed by atoms with Crippen molar-refractivity contribution >= 4 is 12.0 Å². The lowest BCUT2D eigenvalue weighted by molar-refractivity contribution is -0.141. The van der Waals surface area contributed by atoms with Gasteiger partial charge in [0.1, 0.15) is 5.76 Å². The van der Waals surface area contributed by atoms with E-state index in [0.717, 1.165) is 5.56 Å². The highest BCUT2D eigenvalue weighted by molar-refractivity contribution is 5.66. The Labute approximate surface area is 92.5 Å². The van der Waals surface area contributed by atoms with Gasteiger partial charge < -0.3 is 9.15 Å². The summed E-state index contributed by atoms with van der Waals surface area (Å²) in [5.41, 5.74) is 0.568. The van der Waals surface area contributed by atoms with E-state index in [1.165, 1.54) is 13.0 Å². The molecule has 2 rings (SSSR count). The summed E-state index contributed by atoms with van der Waals surface area (Å²) in [7, 11) is 0. The molecule has 0 N–H and O–H groups in total. The number of rotatable bonds is 2. The maximum atomic E-state index is 11.0. The molecule has 1 unspecified atom stereocenters. The number of fused-ring (bicyclic) bond motifs is 1. The second-order valence-corrected chi connectivity index (χ2v) is 3.76. The quantitative estimate of drug-likeness (QED) is 0.707. The number of esters is 1. The summed E-state index contributed by atoms with van der Waals surface area (Å²) in [5.74, 6) is 0.447. The van der Waals surface area contributed by atoms with Gasteiger partial charge in [0, 0.05) is 30.9 Å². The molecule has 0 amide bonds. The zero-order chi connectivity index (χ0) is 11.5. The summed E-state index contributed by atoms with van der Waals surface area (Å²) >= 11 is 0. The molecule has 1 heterocycles. The van der Waals surface area contributed by atoms with Crippen molar-refractivity contribution in [2.24, 2.45) is 5.92 Å². The molecular formula is C12H12O4. The molecular weight excluding hydrogens is 208 g/mol. The van der Waals surface area contributed by atoms with Crippen LogP contribution in [0.1, 0.15) is 18.2 Å². The largest absolute Gasteiger partial charge is 0.465 e. The Balaban J connectivity index is 2.11. The second-order valence-electron chi connectivity index (χ2n) is 3.76. The van der Waals surface area contributed by atoms with Crippen molar-refractivity contribution in [3.63, 3.8) is 0 Å². The average molecular weight is 220 g/mol. The minimum absolute atomic E-state index is 0.0851. The molecule has 4 heteroatoms. The highest BCUT2D eigenvalue weighted by Gasteiger charge is 2.17. The topological polar surface area (TPSA) is 56.5 Å². The lowest BCUT2D eigenvalue weighted by atomic mass is 9.95. The van der Waals surface area contributed by atoms with Crippen molar-refractivity contribution in [1.29, 1.82) is 0 Å². The van der Waals surface area contributed by atoms with E-state index in [1.54, 1.807) is 6.07 Å². The fourth-order valence-corrected chi connectivity index (χ4v) is 1.66. The molecule has 0 spiro atoms. The highest BCUT2D eigenvalue weighted by Crippen LogP contribution is 2.21. The van der Waals surface area contributed by atoms with Crippen molar-refractivity contribution in [2.45, 2.75) is 13.3 Å². The Kier molecular flexibility index (Phi) is 2.90. The van der Waals surface area contributed by atoms with E-state index < -0.39 is 0 Å². The summed E-state index contributed by atoms with van der Waals surface area (Å²) < 4.78 is 10.0. The average Bonchev–Trinajstić information content (AvgIpc) is 2.25. The zero-order valence-electron chi connectivity index (χ0n) is 8.93. The maximum Gasteiger partial charge on any atom is 0.335 e. The predicted molar refractivity (Wildman–Crippen MR) is 57.8 cm³/mol. The summed E-state index contributed by atoms with van der Waals surface area (Å²) in [4.78, 5) is 21.7. The van der Waals surface area contributed by atoms with E-state index in [2.05, 4.69) is 0 Å². The standard InChI is InChI=1S/C12H12O4/c1-8(13)15-7-9-2-3-10-4-5-12(14)16-11(10)6-9/h2-5,9H,6-7H2,1H3. The Bertz CT molecular complexity index is 484. The molecule has 1 aliphatic carbocycles. The van der Waals surface area contributed by atoms with Crippen molar-refractivity contribution in [3.05, 3.63) is 40.0 Å². The number of carbonyl (C=O) groups excluding carboxylic acids is 1. The minimum Gasteiger partial charge on any atom is -0.465 e. The van der Waals surface area contributed by atoms with E-state index >= 15 is 0 Å². The van der Waals surface area contributed by atoms with Crippen LogP contribution in [0.2, 0.25) is 0 Å². The lowest BCUT2D eigenvalue weighted by Gasteiger charge is -2.17. The molecule has 4 nitrogen and oxygen atoms in total. The summed E-state index contributed by atoms with van der Waals surface area (Å²) in [5, 5.41) is 0. The van der Waals surface area contributed by atoms with Crippen LogP contribution < -0.4 is 5.63 Å². The number of hydrogen-bond acceptors (Lipinski definition) is 4. The molecule has 0 bridgehead atoms. The van der Waals surface area contributed by atoms with Crippen LogP contribution in [-0.2, 0) is 16.0 Å². The molecule has 1 aromatic heterocycles. The second kappa shape index (κ2) is 4.35. The molecule has 1 atom stereocenters. The third kappa shape index (κ3) is 2.39. The highest BCUT2D eigenvalue weighted by atomic mass is 16.5. The van der Waals surface area contributed by atoms with Crippen LogP contribution in [0.5, 0.6) is 0 Å². The first-order chi connectivity index (χ1) is 7.65. The van der Waals surface area contributed by atoms with Gasteiger partial charge in [-0.1, -0.05) is 12.2 Å². The van der Waals surface area contributed by atoms with Gasteiger partial charge in [-0.2, -0.15) is 0 Å². The number of hydrogen-bond donors (Lipinski definition) is 0. The van der Waals surface area contributed by atoms with Gasteiger partial charge in [0.25, 0.3) is 0 Å². The van der Waals surface area contributed by atoms with Gasteiger partial charge in [-0.3, -0.25) is 4.79 Å². The summed E-state index contributed by atoms with van der Waals surface area (Å²) in [6.07, 6.45) is 4.44. The molecule has 0 aromatic carbocycles. The fourth-order valence-electron chi connectivity index (χ4n) is 1.66. The third-order valence-electron chi connectivity index (χ3n) is 2.44. The minimum atomic E-state index is -0.347. The summed E-state index contributed by atoms with van der Waals surface area (Å²) in [6.45, 7) is 1.70. The van der Waals surface area contributed by atoms with Gasteiger partial charge in [0.15, 0.2) is 0 Å². The van der Waals surface area contributed by atoms with Crippen LogP contribution in [0.3, 0.4) is 0 Å². The SMILES string of the molecule is CC(=O)OCC1C=Cc2ccc(=O)oc2C1. The molecule has 0 saturated carbocycles. The van der Waals surface area contributed by atoms with E-state index in [-0.39, 0.29) is 17.5 Å². The first-order valence-electron chi connectivity index (χ1n) is 5.10. The normalized spacial score (nSPS) is 17.9. The summed E-state index contributed by atoms with van der Waals surface area (Å²) in [6, 6.07) is 3.13. The van der Waals surface area contributed by atoms with E-state index in [1.807, 2.05) is 12.2 Å². The van der Waals surface area contributed by atoms with Crippen molar-refractivity contribution in [3.8, 4) is 0 Å². The monoisotopic (exact) mass is 220 g/mol. The molecule has 0 fully saturated rings. The van der Waals surface area contributed by atoms with Crippen LogP contribution in [0.15, 0.2) is 27.4 Å². The molecule has 84 valence electrons. The van der Waals surface area contributed by atoms with Crippen molar-refractivity contribution < 1.29 is 13.9 Å². The van der Waals surface area contributed by atoms with Gasteiger partial charge in [-0.25, -0.2) is 4.79 Å². The van der Waals surface area contributed by atoms with Gasteiger partial charge >= 0.3 is 11.6 Å². The predicted octanol–water partition coefficient (Wildman–Crippen LogP) is 1.39. The molecule has 0 aliphatic heterocycles. The zero-order valence-corrected chi connectivity index (χ0v) is 8.93.